The molecule has 5 aromatic rings. The Balaban J connectivity index is 1.57. The second kappa shape index (κ2) is 15.3. The number of ether oxygens (including phenoxy) is 5. The van der Waals surface area contributed by atoms with Gasteiger partial charge in [0.25, 0.3) is 0 Å². The quantitative estimate of drug-likeness (QED) is 0.0768. The topological polar surface area (TPSA) is 234 Å². The summed E-state index contributed by atoms with van der Waals surface area (Å²) in [5, 5.41) is 0.257. The normalized spacial score (nSPS) is 11.8. The molecular formula is C32H30O17S2. The minimum atomic E-state index is -5.05. The first-order chi connectivity index (χ1) is 24.2. The Morgan fingerprint density at radius 3 is 2.00 bits per heavy atom. The second-order valence-electron chi connectivity index (χ2n) is 10.4. The van der Waals surface area contributed by atoms with Gasteiger partial charge in [0.05, 0.1) is 13.7 Å². The van der Waals surface area contributed by atoms with Crippen LogP contribution in [0.4, 0.5) is 0 Å². The third-order valence-electron chi connectivity index (χ3n) is 7.00. The van der Waals surface area contributed by atoms with Gasteiger partial charge in [-0.05, 0) is 31.5 Å². The molecule has 0 saturated carbocycles. The summed E-state index contributed by atoms with van der Waals surface area (Å²) in [4.78, 5) is 26.2. The second-order valence-corrected chi connectivity index (χ2v) is 12.5. The van der Waals surface area contributed by atoms with Gasteiger partial charge in [0.15, 0.2) is 28.8 Å². The number of hydrogen-bond acceptors (Lipinski definition) is 15. The van der Waals surface area contributed by atoms with Gasteiger partial charge in [0.2, 0.25) is 0 Å². The number of furan rings is 2. The lowest BCUT2D eigenvalue weighted by molar-refractivity contribution is 0.0441. The van der Waals surface area contributed by atoms with Crippen molar-refractivity contribution < 1.29 is 76.4 Å². The van der Waals surface area contributed by atoms with Gasteiger partial charge in [-0.25, -0.2) is 13.8 Å². The van der Waals surface area contributed by atoms with Crippen molar-refractivity contribution in [2.75, 3.05) is 26.9 Å². The van der Waals surface area contributed by atoms with E-state index < -0.39 is 58.3 Å². The number of methoxy groups -OCH3 is 1. The van der Waals surface area contributed by atoms with Crippen LogP contribution in [0, 0.1) is 6.92 Å². The van der Waals surface area contributed by atoms with Crippen molar-refractivity contribution in [2.24, 2.45) is 0 Å². The predicted molar refractivity (Wildman–Crippen MR) is 175 cm³/mol. The summed E-state index contributed by atoms with van der Waals surface area (Å²) < 4.78 is 111. The van der Waals surface area contributed by atoms with Crippen LogP contribution in [-0.2, 0) is 47.7 Å². The molecule has 0 unspecified atom stereocenters. The van der Waals surface area contributed by atoms with Crippen molar-refractivity contribution in [3.8, 4) is 23.0 Å². The van der Waals surface area contributed by atoms with Gasteiger partial charge in [-0.3, -0.25) is 9.11 Å². The van der Waals surface area contributed by atoms with Crippen LogP contribution in [0.15, 0.2) is 63.4 Å². The standard InChI is InChI=1S/C32H30O17S2/c1-4-42-31(33)29-18(2)47-22-15-26(44-16-19-8-6-5-7-9-19)25(12-20(22)29)45-17-28-30(32(34)43-10-11-46-50(35,36)37)21-13-27(49-51(38,39)40)24(41-3)14-23(21)48-28/h5-9,12-15H,4,10-11,16-17H2,1-3H3,(H,35,36,37)(H,38,39,40). The number of carbonyl (C=O) groups excluding carboxylic acids is 2. The van der Waals surface area contributed by atoms with E-state index in [0.717, 1.165) is 11.6 Å². The molecule has 2 N–H and O–H groups in total. The van der Waals surface area contributed by atoms with Crippen LogP contribution in [0.5, 0.6) is 23.0 Å². The fourth-order valence-electron chi connectivity index (χ4n) is 4.95. The summed E-state index contributed by atoms with van der Waals surface area (Å²) >= 11 is 0. The fraction of sp³-hybridized carbons (Fsp3) is 0.250. The van der Waals surface area contributed by atoms with Crippen LogP contribution in [0.25, 0.3) is 21.9 Å². The Morgan fingerprint density at radius 1 is 0.725 bits per heavy atom. The first-order valence-electron chi connectivity index (χ1n) is 14.8. The van der Waals surface area contributed by atoms with Gasteiger partial charge >= 0.3 is 32.7 Å². The Hall–Kier alpha value is -5.34. The predicted octanol–water partition coefficient (Wildman–Crippen LogP) is 4.99. The van der Waals surface area contributed by atoms with E-state index >= 15 is 0 Å². The first-order valence-corrected chi connectivity index (χ1v) is 17.5. The van der Waals surface area contributed by atoms with Gasteiger partial charge in [-0.1, -0.05) is 30.3 Å². The summed E-state index contributed by atoms with van der Waals surface area (Å²) in [5.41, 5.74) is 0.914. The minimum absolute atomic E-state index is 0.0414. The molecule has 0 fully saturated rings. The third kappa shape index (κ3) is 9.07. The van der Waals surface area contributed by atoms with E-state index in [2.05, 4.69) is 8.37 Å². The monoisotopic (exact) mass is 750 g/mol. The van der Waals surface area contributed by atoms with Crippen molar-refractivity contribution in [3.63, 3.8) is 0 Å². The molecule has 51 heavy (non-hydrogen) atoms. The van der Waals surface area contributed by atoms with E-state index in [4.69, 9.17) is 37.1 Å². The van der Waals surface area contributed by atoms with Crippen molar-refractivity contribution >= 4 is 54.7 Å². The maximum absolute atomic E-state index is 13.4. The molecule has 2 aromatic heterocycles. The molecule has 0 radical (unpaired) electrons. The van der Waals surface area contributed by atoms with Gasteiger partial charge in [0, 0.05) is 22.9 Å². The number of fused-ring (bicyclic) bond motifs is 2. The van der Waals surface area contributed by atoms with Gasteiger partial charge in [-0.15, -0.1) is 0 Å². The number of hydrogen-bond donors (Lipinski definition) is 2. The van der Waals surface area contributed by atoms with Crippen LogP contribution in [0.2, 0.25) is 0 Å². The number of aryl methyl sites for hydroxylation is 1. The molecule has 0 saturated heterocycles. The summed E-state index contributed by atoms with van der Waals surface area (Å²) in [6.45, 7) is 1.57. The van der Waals surface area contributed by atoms with Crippen LogP contribution < -0.4 is 18.4 Å². The van der Waals surface area contributed by atoms with Gasteiger partial charge < -0.3 is 36.7 Å². The SMILES string of the molecule is CCOC(=O)c1c(C)oc2cc(OCc3ccccc3)c(OCc3oc4cc(OC)c(OS(=O)(=O)O)cc4c3C(=O)OCCOS(=O)(=O)O)cc12. The zero-order valence-electron chi connectivity index (χ0n) is 27.1. The average Bonchev–Trinajstić information content (AvgIpc) is 3.58. The molecule has 0 aliphatic carbocycles. The van der Waals surface area contributed by atoms with E-state index in [1.54, 1.807) is 13.8 Å². The zero-order valence-corrected chi connectivity index (χ0v) is 28.7. The van der Waals surface area contributed by atoms with Gasteiger partial charge in [0.1, 0.15) is 54.5 Å². The number of esters is 2. The van der Waals surface area contributed by atoms with Gasteiger partial charge in [-0.2, -0.15) is 16.8 Å². The lowest BCUT2D eigenvalue weighted by atomic mass is 10.1. The molecule has 272 valence electrons. The van der Waals surface area contributed by atoms with Crippen molar-refractivity contribution in [1.29, 1.82) is 0 Å². The van der Waals surface area contributed by atoms with Crippen LogP contribution in [0.1, 0.15) is 44.7 Å². The molecular weight excluding hydrogens is 720 g/mol. The molecule has 19 heteroatoms. The largest absolute Gasteiger partial charge is 0.493 e. The molecule has 2 heterocycles. The average molecular weight is 751 g/mol. The summed E-state index contributed by atoms with van der Waals surface area (Å²) in [6.07, 6.45) is 0. The molecule has 0 bridgehead atoms. The molecule has 3 aromatic carbocycles. The molecule has 0 aliphatic heterocycles. The zero-order chi connectivity index (χ0) is 36.9. The lowest BCUT2D eigenvalue weighted by Gasteiger charge is -2.13. The Kier molecular flexibility index (Phi) is 11.1. The van der Waals surface area contributed by atoms with Crippen molar-refractivity contribution in [3.05, 3.63) is 82.8 Å². The Bertz CT molecular complexity index is 2290. The molecule has 0 aliphatic rings. The number of benzene rings is 3. The van der Waals surface area contributed by atoms with Crippen molar-refractivity contribution in [1.82, 2.24) is 0 Å². The first kappa shape index (κ1) is 36.9. The maximum Gasteiger partial charge on any atom is 0.446 e. The smallest absolute Gasteiger partial charge is 0.446 e. The van der Waals surface area contributed by atoms with E-state index in [1.165, 1.54) is 25.3 Å². The van der Waals surface area contributed by atoms with E-state index in [9.17, 15) is 31.0 Å². The molecule has 5 rings (SSSR count). The summed E-state index contributed by atoms with van der Waals surface area (Å²) in [6, 6.07) is 14.4. The molecule has 17 nitrogen and oxygen atoms in total. The van der Waals surface area contributed by atoms with E-state index in [-0.39, 0.29) is 64.1 Å². The highest BCUT2D eigenvalue weighted by Gasteiger charge is 2.28. The Morgan fingerprint density at radius 2 is 1.33 bits per heavy atom. The maximum atomic E-state index is 13.4. The highest BCUT2D eigenvalue weighted by molar-refractivity contribution is 7.81. The highest BCUT2D eigenvalue weighted by Crippen LogP contribution is 2.40. The van der Waals surface area contributed by atoms with E-state index in [1.807, 2.05) is 30.3 Å². The molecule has 0 amide bonds. The van der Waals surface area contributed by atoms with Crippen LogP contribution in [-0.4, -0.2) is 64.8 Å². The minimum Gasteiger partial charge on any atom is -0.493 e. The third-order valence-corrected chi connectivity index (χ3v) is 7.86. The number of carbonyl (C=O) groups is 2. The van der Waals surface area contributed by atoms with Crippen LogP contribution >= 0.6 is 0 Å². The summed E-state index contributed by atoms with van der Waals surface area (Å²) in [5.74, 6) is -2.09. The van der Waals surface area contributed by atoms with E-state index in [0.29, 0.717) is 11.0 Å². The number of rotatable bonds is 16. The van der Waals surface area contributed by atoms with Crippen molar-refractivity contribution in [2.45, 2.75) is 27.1 Å². The lowest BCUT2D eigenvalue weighted by Crippen LogP contribution is -2.15. The fourth-order valence-corrected chi connectivity index (χ4v) is 5.59. The highest BCUT2D eigenvalue weighted by atomic mass is 32.3. The van der Waals surface area contributed by atoms with Crippen LogP contribution in [0.3, 0.4) is 0 Å². The Labute approximate surface area is 290 Å². The molecule has 0 atom stereocenters. The summed E-state index contributed by atoms with van der Waals surface area (Å²) in [7, 11) is -8.69. The molecule has 0 spiro atoms.